The molecule has 18 heavy (non-hydrogen) atoms. The Morgan fingerprint density at radius 2 is 2.06 bits per heavy atom. The van der Waals surface area contributed by atoms with Crippen molar-refractivity contribution in [3.63, 3.8) is 0 Å². The summed E-state index contributed by atoms with van der Waals surface area (Å²) in [4.78, 5) is 20.4. The van der Waals surface area contributed by atoms with E-state index in [2.05, 4.69) is 5.16 Å². The Balaban J connectivity index is 2.86. The average molecular weight is 257 g/mol. The Bertz CT molecular complexity index is 443. The highest BCUT2D eigenvalue weighted by molar-refractivity contribution is 5.37. The van der Waals surface area contributed by atoms with Crippen molar-refractivity contribution < 1.29 is 14.4 Å². The first-order valence-corrected chi connectivity index (χ1v) is 5.67. The van der Waals surface area contributed by atoms with Gasteiger partial charge in [-0.2, -0.15) is 0 Å². The summed E-state index contributed by atoms with van der Waals surface area (Å²) in [5.74, 6) is -0.145. The number of rotatable bonds is 7. The molecule has 8 nitrogen and oxygen atoms in total. The minimum Gasteiger partial charge on any atom is -0.354 e. The summed E-state index contributed by atoms with van der Waals surface area (Å²) in [7, 11) is 0. The van der Waals surface area contributed by atoms with Gasteiger partial charge in [-0.1, -0.05) is 18.5 Å². The number of aromatic nitrogens is 1. The van der Waals surface area contributed by atoms with Gasteiger partial charge in [0.1, 0.15) is 0 Å². The lowest BCUT2D eigenvalue weighted by Crippen LogP contribution is -2.16. The summed E-state index contributed by atoms with van der Waals surface area (Å²) in [6.07, 6.45) is 1.57. The van der Waals surface area contributed by atoms with Crippen molar-refractivity contribution in [2.45, 2.75) is 33.1 Å². The van der Waals surface area contributed by atoms with Gasteiger partial charge in [-0.25, -0.2) is 0 Å². The summed E-state index contributed by atoms with van der Waals surface area (Å²) >= 11 is 0. The number of hydrogen-bond donors (Lipinski definition) is 0. The molecular formula is C10H15N3O5. The minimum atomic E-state index is -0.559. The van der Waals surface area contributed by atoms with Crippen LogP contribution in [0, 0.1) is 33.1 Å². The Kier molecular flexibility index (Phi) is 4.75. The van der Waals surface area contributed by atoms with E-state index in [1.807, 2.05) is 6.92 Å². The maximum absolute atomic E-state index is 10.8. The summed E-state index contributed by atoms with van der Waals surface area (Å²) in [5.41, 5.74) is 0.0332. The molecule has 0 saturated heterocycles. The Hall–Kier alpha value is -1.99. The van der Waals surface area contributed by atoms with E-state index in [9.17, 15) is 20.2 Å². The fourth-order valence-electron chi connectivity index (χ4n) is 1.92. The zero-order chi connectivity index (χ0) is 13.7. The molecule has 0 spiro atoms. The van der Waals surface area contributed by atoms with Crippen LogP contribution in [0.1, 0.15) is 31.2 Å². The third-order valence-corrected chi connectivity index (χ3v) is 2.66. The number of nitrogens with zero attached hydrogens (tertiary/aromatic N) is 3. The molecule has 0 saturated carbocycles. The predicted molar refractivity (Wildman–Crippen MR) is 61.9 cm³/mol. The van der Waals surface area contributed by atoms with Gasteiger partial charge < -0.3 is 4.52 Å². The second kappa shape index (κ2) is 6.08. The molecule has 1 atom stereocenters. The van der Waals surface area contributed by atoms with Crippen molar-refractivity contribution in [2.75, 3.05) is 6.54 Å². The summed E-state index contributed by atoms with van der Waals surface area (Å²) in [6, 6.07) is 0. The molecule has 0 fully saturated rings. The van der Waals surface area contributed by atoms with Crippen LogP contribution in [0.15, 0.2) is 4.52 Å². The van der Waals surface area contributed by atoms with Gasteiger partial charge in [0.15, 0.2) is 5.69 Å². The minimum absolute atomic E-state index is 0.123. The number of aryl methyl sites for hydroxylation is 1. The molecule has 0 radical (unpaired) electrons. The van der Waals surface area contributed by atoms with Crippen molar-refractivity contribution in [3.05, 3.63) is 31.7 Å². The number of nitro groups is 2. The fourth-order valence-corrected chi connectivity index (χ4v) is 1.92. The van der Waals surface area contributed by atoms with Gasteiger partial charge in [0.25, 0.3) is 0 Å². The second-order valence-electron chi connectivity index (χ2n) is 4.17. The van der Waals surface area contributed by atoms with Gasteiger partial charge in [-0.3, -0.25) is 20.2 Å². The standard InChI is InChI=1S/C10H15N3O5/c1-3-4-8(6-12(14)15)5-9-10(13(16)17)7(2)11-18-9/h8H,3-6H2,1-2H3. The topological polar surface area (TPSA) is 112 Å². The van der Waals surface area contributed by atoms with Gasteiger partial charge in [0.2, 0.25) is 12.3 Å². The highest BCUT2D eigenvalue weighted by Gasteiger charge is 2.28. The molecule has 0 amide bonds. The van der Waals surface area contributed by atoms with Crippen LogP contribution in [0.4, 0.5) is 5.69 Å². The second-order valence-corrected chi connectivity index (χ2v) is 4.17. The van der Waals surface area contributed by atoms with Gasteiger partial charge in [0.05, 0.1) is 4.92 Å². The smallest absolute Gasteiger partial charge is 0.334 e. The third-order valence-electron chi connectivity index (χ3n) is 2.66. The first-order chi connectivity index (χ1) is 8.45. The lowest BCUT2D eigenvalue weighted by Gasteiger charge is -2.08. The third kappa shape index (κ3) is 3.51. The van der Waals surface area contributed by atoms with Crippen molar-refractivity contribution in [1.82, 2.24) is 5.16 Å². The van der Waals surface area contributed by atoms with Crippen LogP contribution in [0.25, 0.3) is 0 Å². The highest BCUT2D eigenvalue weighted by atomic mass is 16.6. The lowest BCUT2D eigenvalue weighted by molar-refractivity contribution is -0.488. The molecule has 0 N–H and O–H groups in total. The maximum Gasteiger partial charge on any atom is 0.334 e. The van der Waals surface area contributed by atoms with Gasteiger partial charge >= 0.3 is 5.69 Å². The van der Waals surface area contributed by atoms with Crippen molar-refractivity contribution >= 4 is 5.69 Å². The van der Waals surface area contributed by atoms with Crippen LogP contribution in [0.2, 0.25) is 0 Å². The monoisotopic (exact) mass is 257 g/mol. The van der Waals surface area contributed by atoms with Crippen LogP contribution in [0.5, 0.6) is 0 Å². The zero-order valence-electron chi connectivity index (χ0n) is 10.3. The molecule has 0 aliphatic carbocycles. The highest BCUT2D eigenvalue weighted by Crippen LogP contribution is 2.26. The summed E-state index contributed by atoms with van der Waals surface area (Å²) in [5, 5.41) is 24.9. The van der Waals surface area contributed by atoms with Crippen molar-refractivity contribution in [1.29, 1.82) is 0 Å². The van der Waals surface area contributed by atoms with Crippen LogP contribution in [0.3, 0.4) is 0 Å². The van der Waals surface area contributed by atoms with E-state index in [0.29, 0.717) is 6.42 Å². The quantitative estimate of drug-likeness (QED) is 0.546. The maximum atomic E-state index is 10.8. The van der Waals surface area contributed by atoms with Crippen molar-refractivity contribution in [2.24, 2.45) is 5.92 Å². The molecule has 0 aliphatic heterocycles. The van der Waals surface area contributed by atoms with E-state index >= 15 is 0 Å². The fraction of sp³-hybridized carbons (Fsp3) is 0.700. The molecule has 1 aromatic rings. The first-order valence-electron chi connectivity index (χ1n) is 5.67. The molecule has 0 aliphatic rings. The van der Waals surface area contributed by atoms with E-state index in [-0.39, 0.29) is 36.0 Å². The van der Waals surface area contributed by atoms with E-state index < -0.39 is 9.85 Å². The lowest BCUT2D eigenvalue weighted by atomic mass is 9.98. The Morgan fingerprint density at radius 3 is 2.56 bits per heavy atom. The van der Waals surface area contributed by atoms with E-state index in [4.69, 9.17) is 4.52 Å². The van der Waals surface area contributed by atoms with Crippen LogP contribution in [-0.4, -0.2) is 21.5 Å². The molecule has 1 rings (SSSR count). The normalized spacial score (nSPS) is 12.3. The molecular weight excluding hydrogens is 242 g/mol. The van der Waals surface area contributed by atoms with Gasteiger partial charge in [-0.15, -0.1) is 0 Å². The molecule has 1 aromatic heterocycles. The average Bonchev–Trinajstić information content (AvgIpc) is 2.59. The Morgan fingerprint density at radius 1 is 1.39 bits per heavy atom. The van der Waals surface area contributed by atoms with Gasteiger partial charge in [-0.05, 0) is 13.3 Å². The summed E-state index contributed by atoms with van der Waals surface area (Å²) < 4.78 is 4.90. The SMILES string of the molecule is CCCC(Cc1onc(C)c1[N+](=O)[O-])C[N+](=O)[O-]. The first kappa shape index (κ1) is 14.1. The van der Waals surface area contributed by atoms with E-state index in [1.54, 1.807) is 0 Å². The number of hydrogen-bond acceptors (Lipinski definition) is 6. The Labute approximate surface area is 103 Å². The van der Waals surface area contributed by atoms with Gasteiger partial charge in [0, 0.05) is 17.3 Å². The molecule has 1 unspecified atom stereocenters. The van der Waals surface area contributed by atoms with Crippen LogP contribution >= 0.6 is 0 Å². The van der Waals surface area contributed by atoms with Crippen LogP contribution in [-0.2, 0) is 6.42 Å². The predicted octanol–water partition coefficient (Wildman–Crippen LogP) is 2.13. The zero-order valence-corrected chi connectivity index (χ0v) is 10.3. The van der Waals surface area contributed by atoms with Crippen LogP contribution < -0.4 is 0 Å². The molecule has 100 valence electrons. The molecule has 1 heterocycles. The van der Waals surface area contributed by atoms with E-state index in [0.717, 1.165) is 6.42 Å². The van der Waals surface area contributed by atoms with E-state index in [1.165, 1.54) is 6.92 Å². The molecule has 0 aromatic carbocycles. The summed E-state index contributed by atoms with van der Waals surface area (Å²) in [6.45, 7) is 3.17. The largest absolute Gasteiger partial charge is 0.354 e. The molecule has 0 bridgehead atoms. The van der Waals surface area contributed by atoms with Crippen molar-refractivity contribution in [3.8, 4) is 0 Å². The molecule has 8 heteroatoms.